The number of hydrogen-bond donors (Lipinski definition) is 1. The maximum absolute atomic E-state index is 13.6. The van der Waals surface area contributed by atoms with Gasteiger partial charge in [0.2, 0.25) is 0 Å². The van der Waals surface area contributed by atoms with Crippen LogP contribution in [0.2, 0.25) is 0 Å². The van der Waals surface area contributed by atoms with E-state index in [1.807, 2.05) is 0 Å². The number of nitrogens with two attached hydrogens (primary N) is 1. The number of hydrogen-bond acceptors (Lipinski definition) is 2. The molecule has 2 rings (SSSR count). The predicted molar refractivity (Wildman–Crippen MR) is 73.5 cm³/mol. The molecule has 112 valence electrons. The van der Waals surface area contributed by atoms with E-state index in [1.54, 1.807) is 0 Å². The molecule has 2 aromatic carbocycles. The van der Waals surface area contributed by atoms with Crippen molar-refractivity contribution in [2.24, 2.45) is 5.73 Å². The molecule has 0 fully saturated rings. The van der Waals surface area contributed by atoms with E-state index in [2.05, 4.69) is 15.9 Å². The first-order chi connectivity index (χ1) is 9.81. The predicted octanol–water partition coefficient (Wildman–Crippen LogP) is 4.86. The van der Waals surface area contributed by atoms with Crippen LogP contribution in [-0.4, -0.2) is 0 Å². The second kappa shape index (κ2) is 6.03. The molecule has 2 nitrogen and oxygen atoms in total. The molecule has 0 aromatic heterocycles. The van der Waals surface area contributed by atoms with Crippen LogP contribution in [0.3, 0.4) is 0 Å². The molecule has 21 heavy (non-hydrogen) atoms. The molecule has 0 atom stereocenters. The van der Waals surface area contributed by atoms with Gasteiger partial charge in [0.15, 0.2) is 11.6 Å². The lowest BCUT2D eigenvalue weighted by Crippen LogP contribution is -2.08. The first-order valence-corrected chi connectivity index (χ1v) is 6.63. The molecule has 0 unspecified atom stereocenters. The number of rotatable bonds is 3. The fourth-order valence-electron chi connectivity index (χ4n) is 1.69. The van der Waals surface area contributed by atoms with Crippen LogP contribution in [0.1, 0.15) is 11.1 Å². The van der Waals surface area contributed by atoms with Gasteiger partial charge in [0.25, 0.3) is 0 Å². The summed E-state index contributed by atoms with van der Waals surface area (Å²) in [6.07, 6.45) is -4.47. The average Bonchev–Trinajstić information content (AvgIpc) is 2.42. The summed E-state index contributed by atoms with van der Waals surface area (Å²) in [6.45, 7) is -0.158. The Morgan fingerprint density at radius 2 is 1.76 bits per heavy atom. The van der Waals surface area contributed by atoms with Crippen LogP contribution in [-0.2, 0) is 12.7 Å². The monoisotopic (exact) mass is 363 g/mol. The third kappa shape index (κ3) is 3.74. The van der Waals surface area contributed by atoms with Crippen LogP contribution in [0, 0.1) is 5.82 Å². The van der Waals surface area contributed by atoms with E-state index in [0.29, 0.717) is 4.47 Å². The minimum absolute atomic E-state index is 0.0856. The number of alkyl halides is 3. The van der Waals surface area contributed by atoms with Gasteiger partial charge in [0.1, 0.15) is 5.75 Å². The second-order valence-corrected chi connectivity index (χ2v) is 5.12. The lowest BCUT2D eigenvalue weighted by atomic mass is 10.1. The molecular weight excluding hydrogens is 354 g/mol. The fraction of sp³-hybridized carbons (Fsp3) is 0.143. The highest BCUT2D eigenvalue weighted by atomic mass is 79.9. The Labute approximate surface area is 126 Å². The molecule has 0 aliphatic carbocycles. The summed E-state index contributed by atoms with van der Waals surface area (Å²) in [5.74, 6) is -0.637. The Kier molecular flexibility index (Phi) is 4.53. The summed E-state index contributed by atoms with van der Waals surface area (Å²) in [7, 11) is 0. The highest BCUT2D eigenvalue weighted by Crippen LogP contribution is 2.35. The van der Waals surface area contributed by atoms with Crippen LogP contribution >= 0.6 is 15.9 Å². The topological polar surface area (TPSA) is 35.2 Å². The van der Waals surface area contributed by atoms with Crippen molar-refractivity contribution < 1.29 is 22.3 Å². The van der Waals surface area contributed by atoms with E-state index in [9.17, 15) is 17.6 Å². The molecule has 0 heterocycles. The summed E-state index contributed by atoms with van der Waals surface area (Å²) >= 11 is 3.16. The maximum atomic E-state index is 13.6. The smallest absolute Gasteiger partial charge is 0.416 e. The largest absolute Gasteiger partial charge is 0.454 e. The molecule has 0 radical (unpaired) electrons. The highest BCUT2D eigenvalue weighted by Gasteiger charge is 2.31. The fourth-order valence-corrected chi connectivity index (χ4v) is 2.03. The van der Waals surface area contributed by atoms with Crippen molar-refractivity contribution in [2.45, 2.75) is 12.7 Å². The molecule has 0 saturated carbocycles. The van der Waals surface area contributed by atoms with Crippen LogP contribution in [0.25, 0.3) is 0 Å². The molecule has 2 N–H and O–H groups in total. The van der Waals surface area contributed by atoms with E-state index in [1.165, 1.54) is 18.2 Å². The minimum atomic E-state index is -4.47. The van der Waals surface area contributed by atoms with Gasteiger partial charge in [-0.05, 0) is 36.4 Å². The Bertz CT molecular complexity index is 658. The zero-order valence-corrected chi connectivity index (χ0v) is 12.1. The molecule has 0 aliphatic rings. The quantitative estimate of drug-likeness (QED) is 0.790. The van der Waals surface area contributed by atoms with Crippen molar-refractivity contribution in [1.82, 2.24) is 0 Å². The zero-order chi connectivity index (χ0) is 15.6. The SMILES string of the molecule is NCc1cc(C(F)(F)F)ccc1Oc1cc(Br)ccc1F. The standard InChI is InChI=1S/C14H10BrF4NO/c15-10-2-3-11(16)13(6-10)21-12-4-1-9(14(17,18)19)5-8(12)7-20/h1-6H,7,20H2. The summed E-state index contributed by atoms with van der Waals surface area (Å²) in [4.78, 5) is 0. The van der Waals surface area contributed by atoms with Gasteiger partial charge in [-0.15, -0.1) is 0 Å². The van der Waals surface area contributed by atoms with Crippen LogP contribution in [0.15, 0.2) is 40.9 Å². The average molecular weight is 364 g/mol. The summed E-state index contributed by atoms with van der Waals surface area (Å²) < 4.78 is 57.4. The summed E-state index contributed by atoms with van der Waals surface area (Å²) in [6, 6.07) is 6.94. The third-order valence-electron chi connectivity index (χ3n) is 2.72. The van der Waals surface area contributed by atoms with E-state index < -0.39 is 17.6 Å². The first kappa shape index (κ1) is 15.8. The first-order valence-electron chi connectivity index (χ1n) is 5.84. The van der Waals surface area contributed by atoms with Gasteiger partial charge in [-0.1, -0.05) is 15.9 Å². The Hall–Kier alpha value is -1.60. The molecule has 0 aliphatic heterocycles. The lowest BCUT2D eigenvalue weighted by Gasteiger charge is -2.14. The van der Waals surface area contributed by atoms with E-state index in [-0.39, 0.29) is 23.6 Å². The van der Waals surface area contributed by atoms with Crippen molar-refractivity contribution in [2.75, 3.05) is 0 Å². The van der Waals surface area contributed by atoms with Gasteiger partial charge in [0.05, 0.1) is 5.56 Å². The molecule has 7 heteroatoms. The van der Waals surface area contributed by atoms with Gasteiger partial charge in [0, 0.05) is 16.6 Å². The lowest BCUT2D eigenvalue weighted by molar-refractivity contribution is -0.137. The van der Waals surface area contributed by atoms with Crippen molar-refractivity contribution in [3.05, 3.63) is 57.8 Å². The highest BCUT2D eigenvalue weighted by molar-refractivity contribution is 9.10. The van der Waals surface area contributed by atoms with Gasteiger partial charge in [-0.25, -0.2) is 4.39 Å². The van der Waals surface area contributed by atoms with Gasteiger partial charge in [-0.3, -0.25) is 0 Å². The third-order valence-corrected chi connectivity index (χ3v) is 3.21. The van der Waals surface area contributed by atoms with Crippen LogP contribution in [0.4, 0.5) is 17.6 Å². The number of benzene rings is 2. The van der Waals surface area contributed by atoms with Crippen LogP contribution < -0.4 is 10.5 Å². The molecule has 0 amide bonds. The van der Waals surface area contributed by atoms with Crippen molar-refractivity contribution in [1.29, 1.82) is 0 Å². The van der Waals surface area contributed by atoms with Gasteiger partial charge >= 0.3 is 6.18 Å². The van der Waals surface area contributed by atoms with E-state index in [0.717, 1.165) is 18.2 Å². The van der Waals surface area contributed by atoms with Crippen molar-refractivity contribution in [3.8, 4) is 11.5 Å². The van der Waals surface area contributed by atoms with E-state index >= 15 is 0 Å². The van der Waals surface area contributed by atoms with Gasteiger partial charge in [-0.2, -0.15) is 13.2 Å². The van der Waals surface area contributed by atoms with E-state index in [4.69, 9.17) is 10.5 Å². The minimum Gasteiger partial charge on any atom is -0.454 e. The molecule has 2 aromatic rings. The summed E-state index contributed by atoms with van der Waals surface area (Å²) in [5, 5.41) is 0. The van der Waals surface area contributed by atoms with Gasteiger partial charge < -0.3 is 10.5 Å². The Balaban J connectivity index is 2.38. The number of halogens is 5. The molecule has 0 bridgehead atoms. The Morgan fingerprint density at radius 1 is 1.05 bits per heavy atom. The normalized spacial score (nSPS) is 11.5. The second-order valence-electron chi connectivity index (χ2n) is 4.20. The van der Waals surface area contributed by atoms with Crippen LogP contribution in [0.5, 0.6) is 11.5 Å². The Morgan fingerprint density at radius 3 is 2.38 bits per heavy atom. The van der Waals surface area contributed by atoms with Crippen molar-refractivity contribution in [3.63, 3.8) is 0 Å². The maximum Gasteiger partial charge on any atom is 0.416 e. The number of ether oxygens (including phenoxy) is 1. The summed E-state index contributed by atoms with van der Waals surface area (Å²) in [5.41, 5.74) is 4.75. The molecule has 0 saturated heterocycles. The van der Waals surface area contributed by atoms with Crippen molar-refractivity contribution >= 4 is 15.9 Å². The molecular formula is C14H10BrF4NO. The molecule has 0 spiro atoms. The zero-order valence-electron chi connectivity index (χ0n) is 10.5.